The molecule has 5 nitrogen and oxygen atoms in total. The maximum absolute atomic E-state index is 13.4. The molecule has 1 aliphatic carbocycles. The molecule has 2 heterocycles. The number of nitrogens with zero attached hydrogens (tertiary/aromatic N) is 4. The number of carbonyl (C=O) groups is 1. The van der Waals surface area contributed by atoms with E-state index in [9.17, 15) is 9.18 Å². The van der Waals surface area contributed by atoms with Gasteiger partial charge in [-0.25, -0.2) is 4.39 Å². The van der Waals surface area contributed by atoms with E-state index in [2.05, 4.69) is 26.9 Å². The molecule has 172 valence electrons. The number of rotatable bonds is 8. The van der Waals surface area contributed by atoms with Gasteiger partial charge in [0, 0.05) is 19.0 Å². The van der Waals surface area contributed by atoms with E-state index in [1.807, 2.05) is 29.2 Å². The number of aromatic nitrogens is 3. The van der Waals surface area contributed by atoms with Gasteiger partial charge < -0.3 is 9.47 Å². The summed E-state index contributed by atoms with van der Waals surface area (Å²) in [6.07, 6.45) is 5.13. The zero-order valence-corrected chi connectivity index (χ0v) is 19.5. The Morgan fingerprint density at radius 3 is 2.45 bits per heavy atom. The zero-order chi connectivity index (χ0) is 22.6. The molecule has 0 atom stereocenters. The van der Waals surface area contributed by atoms with E-state index in [1.165, 1.54) is 36.2 Å². The second-order valence-electron chi connectivity index (χ2n) is 9.13. The predicted octanol–water partition coefficient (Wildman–Crippen LogP) is 4.92. The van der Waals surface area contributed by atoms with Crippen LogP contribution in [-0.4, -0.2) is 44.4 Å². The van der Waals surface area contributed by atoms with Gasteiger partial charge >= 0.3 is 0 Å². The standard InChI is InChI=1S/C26H29FN4OS/c27-23-8-4-7-21(16-23)15-19-11-13-30(14-12-19)24(32)18-33-26-29-28-25(22-9-10-22)31(26)17-20-5-2-1-3-6-20/h1-8,16,19,22H,9-15,17-18H2. The van der Waals surface area contributed by atoms with E-state index in [0.717, 1.165) is 55.4 Å². The number of amides is 1. The fourth-order valence-corrected chi connectivity index (χ4v) is 5.41. The maximum atomic E-state index is 13.4. The van der Waals surface area contributed by atoms with Crippen LogP contribution in [0, 0.1) is 11.7 Å². The summed E-state index contributed by atoms with van der Waals surface area (Å²) in [5, 5.41) is 9.72. The first-order chi connectivity index (χ1) is 16.2. The summed E-state index contributed by atoms with van der Waals surface area (Å²) in [5.41, 5.74) is 2.26. The van der Waals surface area contributed by atoms with Crippen molar-refractivity contribution in [3.63, 3.8) is 0 Å². The van der Waals surface area contributed by atoms with E-state index in [4.69, 9.17) is 0 Å². The molecule has 1 saturated carbocycles. The summed E-state index contributed by atoms with van der Waals surface area (Å²) in [5.74, 6) is 2.41. The lowest BCUT2D eigenvalue weighted by molar-refractivity contribution is -0.129. The van der Waals surface area contributed by atoms with Gasteiger partial charge in [-0.2, -0.15) is 0 Å². The van der Waals surface area contributed by atoms with Crippen molar-refractivity contribution in [2.45, 2.75) is 49.7 Å². The number of likely N-dealkylation sites (tertiary alicyclic amines) is 1. The number of piperidine rings is 1. The lowest BCUT2D eigenvalue weighted by Gasteiger charge is -2.32. The smallest absolute Gasteiger partial charge is 0.233 e. The van der Waals surface area contributed by atoms with Gasteiger partial charge in [0.05, 0.1) is 12.3 Å². The van der Waals surface area contributed by atoms with Crippen molar-refractivity contribution < 1.29 is 9.18 Å². The Labute approximate surface area is 198 Å². The maximum Gasteiger partial charge on any atom is 0.233 e. The fourth-order valence-electron chi connectivity index (χ4n) is 4.57. The van der Waals surface area contributed by atoms with Crippen LogP contribution in [0.4, 0.5) is 4.39 Å². The Hall–Kier alpha value is -2.67. The quantitative estimate of drug-likeness (QED) is 0.444. The number of benzene rings is 2. The highest BCUT2D eigenvalue weighted by molar-refractivity contribution is 7.99. The van der Waals surface area contributed by atoms with Crippen LogP contribution in [0.25, 0.3) is 0 Å². The molecular weight excluding hydrogens is 435 g/mol. The number of hydrogen-bond donors (Lipinski definition) is 0. The summed E-state index contributed by atoms with van der Waals surface area (Å²) in [6, 6.07) is 17.2. The number of carbonyl (C=O) groups excluding carboxylic acids is 1. The molecule has 0 radical (unpaired) electrons. The van der Waals surface area contributed by atoms with Crippen LogP contribution >= 0.6 is 11.8 Å². The minimum absolute atomic E-state index is 0.159. The van der Waals surface area contributed by atoms with E-state index in [-0.39, 0.29) is 11.7 Å². The van der Waals surface area contributed by atoms with Gasteiger partial charge in [0.25, 0.3) is 0 Å². The third-order valence-corrected chi connectivity index (χ3v) is 7.53. The van der Waals surface area contributed by atoms with Crippen LogP contribution < -0.4 is 0 Å². The Bertz CT molecular complexity index is 1090. The number of halogens is 1. The first-order valence-corrected chi connectivity index (χ1v) is 12.8. The average Bonchev–Trinajstić information content (AvgIpc) is 3.60. The summed E-state index contributed by atoms with van der Waals surface area (Å²) in [4.78, 5) is 14.9. The van der Waals surface area contributed by atoms with Crippen LogP contribution in [0.1, 0.15) is 48.6 Å². The highest BCUT2D eigenvalue weighted by Gasteiger charge is 2.31. The Morgan fingerprint density at radius 2 is 1.73 bits per heavy atom. The normalized spacial score (nSPS) is 16.8. The lowest BCUT2D eigenvalue weighted by atomic mass is 9.90. The summed E-state index contributed by atoms with van der Waals surface area (Å²) >= 11 is 1.50. The highest BCUT2D eigenvalue weighted by atomic mass is 32.2. The molecule has 0 bridgehead atoms. The predicted molar refractivity (Wildman–Crippen MR) is 128 cm³/mol. The topological polar surface area (TPSA) is 51.0 Å². The van der Waals surface area contributed by atoms with E-state index in [1.54, 1.807) is 12.1 Å². The molecule has 1 amide bonds. The second kappa shape index (κ2) is 10.1. The Kier molecular flexibility index (Phi) is 6.76. The Morgan fingerprint density at radius 1 is 0.970 bits per heavy atom. The zero-order valence-electron chi connectivity index (χ0n) is 18.7. The molecule has 5 rings (SSSR count). The van der Waals surface area contributed by atoms with Crippen molar-refractivity contribution in [1.29, 1.82) is 0 Å². The van der Waals surface area contributed by atoms with E-state index >= 15 is 0 Å². The van der Waals surface area contributed by atoms with Gasteiger partial charge in [0.1, 0.15) is 11.6 Å². The first-order valence-electron chi connectivity index (χ1n) is 11.8. The third kappa shape index (κ3) is 5.64. The van der Waals surface area contributed by atoms with Crippen molar-refractivity contribution in [3.8, 4) is 0 Å². The molecule has 1 aliphatic heterocycles. The fraction of sp³-hybridized carbons (Fsp3) is 0.423. The van der Waals surface area contributed by atoms with Crippen molar-refractivity contribution in [2.24, 2.45) is 5.92 Å². The average molecular weight is 465 g/mol. The van der Waals surface area contributed by atoms with Gasteiger partial charge in [-0.05, 0) is 61.3 Å². The molecule has 3 aromatic rings. The lowest BCUT2D eigenvalue weighted by Crippen LogP contribution is -2.39. The monoisotopic (exact) mass is 464 g/mol. The minimum atomic E-state index is -0.179. The van der Waals surface area contributed by atoms with Gasteiger partial charge in [0.15, 0.2) is 5.16 Å². The number of hydrogen-bond acceptors (Lipinski definition) is 4. The Balaban J connectivity index is 1.15. The van der Waals surface area contributed by atoms with Crippen molar-refractivity contribution in [1.82, 2.24) is 19.7 Å². The van der Waals surface area contributed by atoms with Gasteiger partial charge in [-0.1, -0.05) is 54.2 Å². The summed E-state index contributed by atoms with van der Waals surface area (Å²) in [6.45, 7) is 2.27. The number of thioether (sulfide) groups is 1. The first kappa shape index (κ1) is 22.1. The molecule has 2 fully saturated rings. The summed E-state index contributed by atoms with van der Waals surface area (Å²) < 4.78 is 15.6. The van der Waals surface area contributed by atoms with Gasteiger partial charge in [-0.15, -0.1) is 10.2 Å². The third-order valence-electron chi connectivity index (χ3n) is 6.58. The SMILES string of the molecule is O=C(CSc1nnc(C2CC2)n1Cc1ccccc1)N1CCC(Cc2cccc(F)c2)CC1. The van der Waals surface area contributed by atoms with Crippen LogP contribution in [0.5, 0.6) is 0 Å². The molecule has 33 heavy (non-hydrogen) atoms. The molecule has 1 saturated heterocycles. The molecule has 7 heteroatoms. The van der Waals surface area contributed by atoms with Gasteiger partial charge in [0.2, 0.25) is 5.91 Å². The van der Waals surface area contributed by atoms with E-state index in [0.29, 0.717) is 17.6 Å². The van der Waals surface area contributed by atoms with Crippen LogP contribution in [-0.2, 0) is 17.8 Å². The molecule has 0 N–H and O–H groups in total. The molecule has 0 spiro atoms. The molecule has 0 unspecified atom stereocenters. The van der Waals surface area contributed by atoms with Crippen molar-refractivity contribution >= 4 is 17.7 Å². The van der Waals surface area contributed by atoms with E-state index < -0.39 is 0 Å². The van der Waals surface area contributed by atoms with Crippen LogP contribution in [0.3, 0.4) is 0 Å². The van der Waals surface area contributed by atoms with Crippen LogP contribution in [0.2, 0.25) is 0 Å². The minimum Gasteiger partial charge on any atom is -0.342 e. The highest BCUT2D eigenvalue weighted by Crippen LogP contribution is 2.40. The second-order valence-corrected chi connectivity index (χ2v) is 10.1. The van der Waals surface area contributed by atoms with Crippen LogP contribution in [0.15, 0.2) is 59.8 Å². The van der Waals surface area contributed by atoms with Crippen molar-refractivity contribution in [2.75, 3.05) is 18.8 Å². The summed E-state index contributed by atoms with van der Waals surface area (Å²) in [7, 11) is 0. The molecule has 2 aliphatic rings. The largest absolute Gasteiger partial charge is 0.342 e. The molecule has 2 aromatic carbocycles. The van der Waals surface area contributed by atoms with Gasteiger partial charge in [-0.3, -0.25) is 4.79 Å². The molecular formula is C26H29FN4OS. The van der Waals surface area contributed by atoms with Crippen molar-refractivity contribution in [3.05, 3.63) is 77.4 Å². The molecule has 1 aromatic heterocycles.